The molecule has 5 heteroatoms. The summed E-state index contributed by atoms with van der Waals surface area (Å²) in [6.07, 6.45) is -1.28. The van der Waals surface area contributed by atoms with Crippen LogP contribution in [0.15, 0.2) is 60.7 Å². The first-order chi connectivity index (χ1) is 12.8. The summed E-state index contributed by atoms with van der Waals surface area (Å²) in [5, 5.41) is 0. The van der Waals surface area contributed by atoms with E-state index in [1.807, 2.05) is 60.7 Å². The maximum Gasteiger partial charge on any atom is 0.186 e. The molecule has 0 amide bonds. The number of hydrogen-bond acceptors (Lipinski definition) is 5. The summed E-state index contributed by atoms with van der Waals surface area (Å²) in [7, 11) is 3.25. The van der Waals surface area contributed by atoms with E-state index in [-0.39, 0.29) is 18.3 Å². The third-order valence-corrected chi connectivity index (χ3v) is 4.45. The van der Waals surface area contributed by atoms with Gasteiger partial charge in [0.1, 0.15) is 18.3 Å². The van der Waals surface area contributed by atoms with E-state index in [2.05, 4.69) is 0 Å². The highest BCUT2D eigenvalue weighted by molar-refractivity contribution is 5.14. The van der Waals surface area contributed by atoms with Crippen molar-refractivity contribution >= 4 is 0 Å². The number of hydrogen-bond donors (Lipinski definition) is 0. The maximum absolute atomic E-state index is 6.13. The van der Waals surface area contributed by atoms with Gasteiger partial charge in [0.15, 0.2) is 6.29 Å². The zero-order valence-corrected chi connectivity index (χ0v) is 15.2. The third-order valence-electron chi connectivity index (χ3n) is 4.45. The van der Waals surface area contributed by atoms with E-state index in [1.54, 1.807) is 14.2 Å². The normalized spacial score (nSPS) is 25.5. The van der Waals surface area contributed by atoms with Crippen molar-refractivity contribution in [1.29, 1.82) is 0 Å². The first-order valence-corrected chi connectivity index (χ1v) is 8.80. The number of rotatable bonds is 9. The highest BCUT2D eigenvalue weighted by Gasteiger charge is 2.46. The van der Waals surface area contributed by atoms with Crippen LogP contribution >= 0.6 is 0 Å². The summed E-state index contributed by atoms with van der Waals surface area (Å²) in [5.74, 6) is 0. The molecule has 1 fully saturated rings. The lowest BCUT2D eigenvalue weighted by molar-refractivity contribution is -0.162. The minimum Gasteiger partial charge on any atom is -0.374 e. The predicted molar refractivity (Wildman–Crippen MR) is 97.6 cm³/mol. The van der Waals surface area contributed by atoms with Gasteiger partial charge in [0.2, 0.25) is 0 Å². The van der Waals surface area contributed by atoms with E-state index in [4.69, 9.17) is 23.7 Å². The molecule has 1 heterocycles. The molecule has 2 aromatic carbocycles. The first kappa shape index (κ1) is 19.0. The van der Waals surface area contributed by atoms with Gasteiger partial charge in [-0.05, 0) is 11.1 Å². The standard InChI is InChI=1S/C21H26O5/c1-22-20-19(25-14-17-11-7-4-8-12-17)18(26-21(20)23-2)15-24-13-16-9-5-3-6-10-16/h3-12,18-21H,13-15H2,1-2H3/t18-,19-,20+,21+/m1/s1. The van der Waals surface area contributed by atoms with Gasteiger partial charge in [0.05, 0.1) is 19.8 Å². The van der Waals surface area contributed by atoms with Crippen LogP contribution in [0, 0.1) is 0 Å². The highest BCUT2D eigenvalue weighted by atomic mass is 16.7. The van der Waals surface area contributed by atoms with E-state index < -0.39 is 6.29 Å². The fourth-order valence-corrected chi connectivity index (χ4v) is 3.10. The Bertz CT molecular complexity index is 633. The fraction of sp³-hybridized carbons (Fsp3) is 0.429. The minimum atomic E-state index is -0.467. The largest absolute Gasteiger partial charge is 0.374 e. The van der Waals surface area contributed by atoms with Gasteiger partial charge in [-0.1, -0.05) is 60.7 Å². The minimum absolute atomic E-state index is 0.252. The highest BCUT2D eigenvalue weighted by Crippen LogP contribution is 2.28. The van der Waals surface area contributed by atoms with Crippen molar-refractivity contribution in [2.75, 3.05) is 20.8 Å². The van der Waals surface area contributed by atoms with Crippen LogP contribution in [0.3, 0.4) is 0 Å². The number of ether oxygens (including phenoxy) is 5. The van der Waals surface area contributed by atoms with Crippen LogP contribution in [0.2, 0.25) is 0 Å². The van der Waals surface area contributed by atoms with Crippen molar-refractivity contribution in [3.05, 3.63) is 71.8 Å². The smallest absolute Gasteiger partial charge is 0.186 e. The van der Waals surface area contributed by atoms with Crippen LogP contribution in [0.5, 0.6) is 0 Å². The number of benzene rings is 2. The van der Waals surface area contributed by atoms with Gasteiger partial charge in [-0.15, -0.1) is 0 Å². The summed E-state index contributed by atoms with van der Waals surface area (Å²) < 4.78 is 28.9. The van der Waals surface area contributed by atoms with Crippen LogP contribution in [0.1, 0.15) is 11.1 Å². The molecular weight excluding hydrogens is 332 g/mol. The molecule has 1 saturated heterocycles. The zero-order valence-electron chi connectivity index (χ0n) is 15.2. The van der Waals surface area contributed by atoms with Crippen LogP contribution in [-0.4, -0.2) is 45.4 Å². The van der Waals surface area contributed by atoms with E-state index in [0.29, 0.717) is 19.8 Å². The lowest BCUT2D eigenvalue weighted by Crippen LogP contribution is -2.38. The molecule has 2 aromatic rings. The Balaban J connectivity index is 1.59. The Labute approximate surface area is 154 Å². The van der Waals surface area contributed by atoms with Crippen molar-refractivity contribution < 1.29 is 23.7 Å². The Morgan fingerprint density at radius 2 is 1.38 bits per heavy atom. The van der Waals surface area contributed by atoms with E-state index in [0.717, 1.165) is 11.1 Å². The molecule has 0 radical (unpaired) electrons. The molecular formula is C21H26O5. The van der Waals surface area contributed by atoms with Gasteiger partial charge < -0.3 is 23.7 Å². The molecule has 4 atom stereocenters. The topological polar surface area (TPSA) is 46.2 Å². The summed E-state index contributed by atoms with van der Waals surface area (Å²) in [5.41, 5.74) is 2.23. The lowest BCUT2D eigenvalue weighted by Gasteiger charge is -2.23. The Hall–Kier alpha value is -1.76. The average Bonchev–Trinajstić information content (AvgIpc) is 3.04. The van der Waals surface area contributed by atoms with Gasteiger partial charge in [0, 0.05) is 14.2 Å². The quantitative estimate of drug-likeness (QED) is 0.689. The molecule has 1 aliphatic rings. The van der Waals surface area contributed by atoms with E-state index in [9.17, 15) is 0 Å². The third kappa shape index (κ3) is 4.90. The molecule has 0 aromatic heterocycles. The molecule has 1 aliphatic heterocycles. The SMILES string of the molecule is CO[C@H]1O[C@H](COCc2ccccc2)[C@@H](OCc2ccccc2)[C@@H]1OC. The molecule has 140 valence electrons. The van der Waals surface area contributed by atoms with E-state index in [1.165, 1.54) is 0 Å². The fourth-order valence-electron chi connectivity index (χ4n) is 3.10. The van der Waals surface area contributed by atoms with Crippen molar-refractivity contribution in [3.8, 4) is 0 Å². The summed E-state index contributed by atoms with van der Waals surface area (Å²) in [4.78, 5) is 0. The van der Waals surface area contributed by atoms with Crippen LogP contribution in [0.25, 0.3) is 0 Å². The first-order valence-electron chi connectivity index (χ1n) is 8.80. The molecule has 3 rings (SSSR count). The average molecular weight is 358 g/mol. The second-order valence-corrected chi connectivity index (χ2v) is 6.24. The van der Waals surface area contributed by atoms with E-state index >= 15 is 0 Å². The van der Waals surface area contributed by atoms with Crippen molar-refractivity contribution in [3.63, 3.8) is 0 Å². The monoisotopic (exact) mass is 358 g/mol. The number of methoxy groups -OCH3 is 2. The molecule has 0 aliphatic carbocycles. The molecule has 0 spiro atoms. The maximum atomic E-state index is 6.13. The van der Waals surface area contributed by atoms with Gasteiger partial charge in [-0.25, -0.2) is 0 Å². The van der Waals surface area contributed by atoms with Gasteiger partial charge in [0.25, 0.3) is 0 Å². The molecule has 5 nitrogen and oxygen atoms in total. The molecule has 0 unspecified atom stereocenters. The Kier molecular flexibility index (Phi) is 7.17. The summed E-state index contributed by atoms with van der Waals surface area (Å²) in [6.45, 7) is 1.43. The summed E-state index contributed by atoms with van der Waals surface area (Å²) >= 11 is 0. The van der Waals surface area contributed by atoms with Crippen molar-refractivity contribution in [2.24, 2.45) is 0 Å². The predicted octanol–water partition coefficient (Wildman–Crippen LogP) is 3.17. The van der Waals surface area contributed by atoms with Crippen molar-refractivity contribution in [2.45, 2.75) is 37.8 Å². The van der Waals surface area contributed by atoms with Crippen molar-refractivity contribution in [1.82, 2.24) is 0 Å². The molecule has 0 bridgehead atoms. The van der Waals surface area contributed by atoms with Crippen LogP contribution < -0.4 is 0 Å². The summed E-state index contributed by atoms with van der Waals surface area (Å²) in [6, 6.07) is 20.1. The van der Waals surface area contributed by atoms with Gasteiger partial charge >= 0.3 is 0 Å². The molecule has 0 N–H and O–H groups in total. The van der Waals surface area contributed by atoms with Gasteiger partial charge in [-0.2, -0.15) is 0 Å². The molecule has 26 heavy (non-hydrogen) atoms. The Morgan fingerprint density at radius 1 is 0.769 bits per heavy atom. The second kappa shape index (κ2) is 9.80. The molecule has 0 saturated carbocycles. The lowest BCUT2D eigenvalue weighted by atomic mass is 10.1. The van der Waals surface area contributed by atoms with Crippen LogP contribution in [-0.2, 0) is 36.9 Å². The zero-order chi connectivity index (χ0) is 18.2. The Morgan fingerprint density at radius 3 is 1.96 bits per heavy atom. The van der Waals surface area contributed by atoms with Gasteiger partial charge in [-0.3, -0.25) is 0 Å². The second-order valence-electron chi connectivity index (χ2n) is 6.24. The van der Waals surface area contributed by atoms with Crippen LogP contribution in [0.4, 0.5) is 0 Å².